The summed E-state index contributed by atoms with van der Waals surface area (Å²) in [6.45, 7) is 0. The van der Waals surface area contributed by atoms with Gasteiger partial charge in [-0.3, -0.25) is 0 Å². The molecular formula is C13H22O7Si. The fourth-order valence-corrected chi connectivity index (χ4v) is 3.43. The Kier molecular flexibility index (Phi) is 9.55. The van der Waals surface area contributed by atoms with E-state index in [1.54, 1.807) is 33.5 Å². The molecule has 0 saturated carbocycles. The van der Waals surface area contributed by atoms with Crippen molar-refractivity contribution in [3.05, 3.63) is 23.8 Å². The Morgan fingerprint density at radius 3 is 2.05 bits per heavy atom. The summed E-state index contributed by atoms with van der Waals surface area (Å²) < 4.78 is 15.8. The number of unbranched alkanes of at least 4 members (excludes halogenated alkanes) is 1. The first-order valence-corrected chi connectivity index (χ1v) is 8.31. The van der Waals surface area contributed by atoms with Crippen LogP contribution in [0.2, 0.25) is 6.04 Å². The molecule has 0 unspecified atom stereocenters. The van der Waals surface area contributed by atoms with Crippen LogP contribution >= 0.6 is 0 Å². The van der Waals surface area contributed by atoms with Gasteiger partial charge in [-0.2, -0.15) is 0 Å². The van der Waals surface area contributed by atoms with Crippen LogP contribution in [0.5, 0.6) is 0 Å². The maximum atomic E-state index is 10.8. The number of carboxylic acids is 2. The molecule has 0 aromatic rings. The van der Waals surface area contributed by atoms with Crippen molar-refractivity contribution in [3.63, 3.8) is 0 Å². The molecular weight excluding hydrogens is 296 g/mol. The van der Waals surface area contributed by atoms with Crippen LogP contribution in [0.25, 0.3) is 0 Å². The summed E-state index contributed by atoms with van der Waals surface area (Å²) in [6, 6.07) is 0.650. The van der Waals surface area contributed by atoms with Crippen molar-refractivity contribution in [2.75, 3.05) is 21.3 Å². The minimum atomic E-state index is -2.56. The Labute approximate surface area is 125 Å². The summed E-state index contributed by atoms with van der Waals surface area (Å²) in [6.07, 6.45) is 5.68. The maximum Gasteiger partial charge on any atom is 0.500 e. The molecule has 0 aliphatic rings. The molecule has 0 amide bonds. The number of hydrogen-bond donors (Lipinski definition) is 2. The molecule has 0 saturated heterocycles. The van der Waals surface area contributed by atoms with E-state index in [2.05, 4.69) is 0 Å². The van der Waals surface area contributed by atoms with Crippen molar-refractivity contribution in [2.45, 2.75) is 25.3 Å². The highest BCUT2D eigenvalue weighted by atomic mass is 28.4. The van der Waals surface area contributed by atoms with Crippen molar-refractivity contribution in [3.8, 4) is 0 Å². The van der Waals surface area contributed by atoms with Crippen molar-refractivity contribution in [1.82, 2.24) is 0 Å². The Morgan fingerprint density at radius 1 is 1.05 bits per heavy atom. The lowest BCUT2D eigenvalue weighted by atomic mass is 10.1. The van der Waals surface area contributed by atoms with Crippen LogP contribution in [0.4, 0.5) is 0 Å². The molecule has 0 aromatic carbocycles. The monoisotopic (exact) mass is 318 g/mol. The molecule has 7 nitrogen and oxygen atoms in total. The molecule has 120 valence electrons. The first-order valence-electron chi connectivity index (χ1n) is 6.38. The topological polar surface area (TPSA) is 102 Å². The van der Waals surface area contributed by atoms with Gasteiger partial charge in [0.2, 0.25) is 0 Å². The third-order valence-corrected chi connectivity index (χ3v) is 5.70. The first-order chi connectivity index (χ1) is 9.90. The van der Waals surface area contributed by atoms with E-state index in [9.17, 15) is 9.59 Å². The molecule has 0 spiro atoms. The lowest BCUT2D eigenvalue weighted by Crippen LogP contribution is -2.42. The van der Waals surface area contributed by atoms with Gasteiger partial charge in [0.15, 0.2) is 0 Å². The van der Waals surface area contributed by atoms with Gasteiger partial charge in [-0.15, -0.1) is 0 Å². The average molecular weight is 318 g/mol. The Balaban J connectivity index is 4.24. The van der Waals surface area contributed by atoms with Crippen LogP contribution in [0.3, 0.4) is 0 Å². The molecule has 0 rings (SSSR count). The van der Waals surface area contributed by atoms with E-state index in [-0.39, 0.29) is 12.0 Å². The minimum absolute atomic E-state index is 0.0725. The zero-order chi connectivity index (χ0) is 16.3. The highest BCUT2D eigenvalue weighted by Gasteiger charge is 2.36. The second kappa shape index (κ2) is 10.3. The summed E-state index contributed by atoms with van der Waals surface area (Å²) in [5.41, 5.74) is -0.159. The van der Waals surface area contributed by atoms with Gasteiger partial charge in [0.25, 0.3) is 0 Å². The number of hydrogen-bond acceptors (Lipinski definition) is 5. The molecule has 0 heterocycles. The normalized spacial score (nSPS) is 12.8. The molecule has 0 aliphatic heterocycles. The second-order valence-electron chi connectivity index (χ2n) is 4.18. The molecule has 0 fully saturated rings. The van der Waals surface area contributed by atoms with Crippen LogP contribution in [0.15, 0.2) is 23.8 Å². The molecule has 0 bridgehead atoms. The smallest absolute Gasteiger partial charge is 0.478 e. The van der Waals surface area contributed by atoms with Crippen LogP contribution in [0.1, 0.15) is 19.3 Å². The van der Waals surface area contributed by atoms with E-state index in [1.807, 2.05) is 0 Å². The number of allylic oxidation sites excluding steroid dienone is 2. The zero-order valence-electron chi connectivity index (χ0n) is 12.5. The van der Waals surface area contributed by atoms with E-state index in [4.69, 9.17) is 23.5 Å². The van der Waals surface area contributed by atoms with Gasteiger partial charge in [0.05, 0.1) is 0 Å². The van der Waals surface area contributed by atoms with Crippen molar-refractivity contribution < 1.29 is 33.1 Å². The first kappa shape index (κ1) is 19.5. The fourth-order valence-electron chi connectivity index (χ4n) is 1.68. The third kappa shape index (κ3) is 7.76. The Bertz CT molecular complexity index is 391. The van der Waals surface area contributed by atoms with E-state index in [0.29, 0.717) is 18.5 Å². The van der Waals surface area contributed by atoms with Crippen LogP contribution in [-0.2, 0) is 22.9 Å². The van der Waals surface area contributed by atoms with Gasteiger partial charge in [-0.1, -0.05) is 12.2 Å². The number of carboxylic acid groups (broad SMARTS) is 2. The minimum Gasteiger partial charge on any atom is -0.478 e. The highest BCUT2D eigenvalue weighted by Crippen LogP contribution is 2.16. The summed E-state index contributed by atoms with van der Waals surface area (Å²) in [5, 5.41) is 17.4. The number of aliphatic carboxylic acids is 2. The lowest BCUT2D eigenvalue weighted by molar-refractivity contribution is -0.135. The van der Waals surface area contributed by atoms with Gasteiger partial charge >= 0.3 is 20.7 Å². The molecule has 21 heavy (non-hydrogen) atoms. The maximum absolute atomic E-state index is 10.8. The van der Waals surface area contributed by atoms with Gasteiger partial charge in [0.1, 0.15) is 0 Å². The summed E-state index contributed by atoms with van der Waals surface area (Å²) >= 11 is 0. The van der Waals surface area contributed by atoms with Crippen molar-refractivity contribution in [1.29, 1.82) is 0 Å². The van der Waals surface area contributed by atoms with E-state index >= 15 is 0 Å². The van der Waals surface area contributed by atoms with Crippen molar-refractivity contribution >= 4 is 20.7 Å². The Morgan fingerprint density at radius 2 is 1.62 bits per heavy atom. The summed E-state index contributed by atoms with van der Waals surface area (Å²) in [4.78, 5) is 21.3. The lowest BCUT2D eigenvalue weighted by Gasteiger charge is -2.23. The van der Waals surface area contributed by atoms with Crippen LogP contribution in [0, 0.1) is 0 Å². The van der Waals surface area contributed by atoms with E-state index in [0.717, 1.165) is 6.42 Å². The quantitative estimate of drug-likeness (QED) is 0.258. The fraction of sp³-hybridized carbons (Fsp3) is 0.538. The standard InChI is InChI=1S/C13H22O7Si/c1-18-21(19-2,20-3)9-7-5-4-6-8-11(13(16)17)10-12(14)15/h4,6,10H,5,7-9H2,1-3H3,(H,14,15)(H,16,17). The van der Waals surface area contributed by atoms with Gasteiger partial charge in [0, 0.05) is 39.0 Å². The number of rotatable bonds is 11. The largest absolute Gasteiger partial charge is 0.500 e. The highest BCUT2D eigenvalue weighted by molar-refractivity contribution is 6.60. The van der Waals surface area contributed by atoms with Gasteiger partial charge in [-0.25, -0.2) is 9.59 Å². The molecule has 0 aliphatic carbocycles. The summed E-state index contributed by atoms with van der Waals surface area (Å²) in [5.74, 6) is -2.50. The van der Waals surface area contributed by atoms with Gasteiger partial charge < -0.3 is 23.5 Å². The molecule has 0 aromatic heterocycles. The van der Waals surface area contributed by atoms with Crippen LogP contribution in [-0.4, -0.2) is 52.3 Å². The second-order valence-corrected chi connectivity index (χ2v) is 7.27. The van der Waals surface area contributed by atoms with Crippen molar-refractivity contribution in [2.24, 2.45) is 0 Å². The van der Waals surface area contributed by atoms with Gasteiger partial charge in [-0.05, 0) is 19.3 Å². The predicted octanol–water partition coefficient (Wildman–Crippen LogP) is 1.69. The molecule has 8 heteroatoms. The zero-order valence-corrected chi connectivity index (χ0v) is 13.5. The number of carbonyl (C=O) groups is 2. The van der Waals surface area contributed by atoms with E-state index in [1.165, 1.54) is 0 Å². The SMILES string of the molecule is CO[Si](CCCC=CCC(=CC(=O)O)C(=O)O)(OC)OC. The predicted molar refractivity (Wildman–Crippen MR) is 77.9 cm³/mol. The molecule has 0 radical (unpaired) electrons. The van der Waals surface area contributed by atoms with E-state index < -0.39 is 20.7 Å². The Hall–Kier alpha value is -1.48. The molecule has 0 atom stereocenters. The third-order valence-electron chi connectivity index (χ3n) is 2.86. The average Bonchev–Trinajstić information content (AvgIpc) is 2.45. The van der Waals surface area contributed by atoms with Crippen LogP contribution < -0.4 is 0 Å². The molecule has 2 N–H and O–H groups in total. The summed E-state index contributed by atoms with van der Waals surface area (Å²) in [7, 11) is 2.08.